The van der Waals surface area contributed by atoms with Gasteiger partial charge in [-0.1, -0.05) is 17.2 Å². The first kappa shape index (κ1) is 16.7. The molecule has 1 aromatic rings. The van der Waals surface area contributed by atoms with Crippen molar-refractivity contribution in [2.24, 2.45) is 11.8 Å². The number of carboxylic acid groups (broad SMARTS) is 1. The van der Waals surface area contributed by atoms with Gasteiger partial charge in [0.05, 0.1) is 10.8 Å². The molecule has 0 heterocycles. The van der Waals surface area contributed by atoms with Gasteiger partial charge < -0.3 is 15.2 Å². The topological polar surface area (TPSA) is 112 Å². The second-order valence-electron chi connectivity index (χ2n) is 5.80. The highest BCUT2D eigenvalue weighted by molar-refractivity contribution is 5.95. The number of carbonyl (C=O) groups is 2. The van der Waals surface area contributed by atoms with Gasteiger partial charge in [0.15, 0.2) is 0 Å². The number of nitro groups is 1. The molecule has 0 aliphatic heterocycles. The van der Waals surface area contributed by atoms with Crippen LogP contribution in [0.5, 0.6) is 0 Å². The van der Waals surface area contributed by atoms with E-state index in [1.807, 2.05) is 13.8 Å². The summed E-state index contributed by atoms with van der Waals surface area (Å²) in [7, 11) is 0. The first-order valence-electron chi connectivity index (χ1n) is 7.21. The first-order chi connectivity index (χ1) is 10.8. The summed E-state index contributed by atoms with van der Waals surface area (Å²) in [4.78, 5) is 33.9. The highest BCUT2D eigenvalue weighted by Crippen LogP contribution is 2.34. The molecule has 1 N–H and O–H groups in total. The van der Waals surface area contributed by atoms with E-state index in [1.165, 1.54) is 24.3 Å². The van der Waals surface area contributed by atoms with Gasteiger partial charge in [0.2, 0.25) is 5.91 Å². The first-order valence-corrected chi connectivity index (χ1v) is 7.21. The number of nitrogens with zero attached hydrogens (tertiary/aromatic N) is 1. The summed E-state index contributed by atoms with van der Waals surface area (Å²) in [6.45, 7) is 3.72. The Morgan fingerprint density at radius 1 is 1.17 bits per heavy atom. The molecule has 0 bridgehead atoms. The SMILES string of the molecule is CC1=C(C)C[C@@H](C(=O)Nc2cccc([N+](=O)[O-])c2)[C@@H](C(=O)[O-])C1. The molecule has 7 heteroatoms. The molecule has 23 heavy (non-hydrogen) atoms. The number of rotatable bonds is 4. The summed E-state index contributed by atoms with van der Waals surface area (Å²) in [5.74, 6) is -3.36. The summed E-state index contributed by atoms with van der Waals surface area (Å²) in [6, 6.07) is 5.54. The number of nitro benzene ring substituents is 1. The zero-order chi connectivity index (χ0) is 17.1. The molecule has 7 nitrogen and oxygen atoms in total. The van der Waals surface area contributed by atoms with Crippen molar-refractivity contribution < 1.29 is 19.6 Å². The van der Waals surface area contributed by atoms with E-state index in [2.05, 4.69) is 5.32 Å². The Morgan fingerprint density at radius 3 is 2.35 bits per heavy atom. The molecule has 1 amide bonds. The highest BCUT2D eigenvalue weighted by atomic mass is 16.6. The van der Waals surface area contributed by atoms with Gasteiger partial charge in [0.1, 0.15) is 0 Å². The maximum absolute atomic E-state index is 12.4. The fraction of sp³-hybridized carbons (Fsp3) is 0.375. The quantitative estimate of drug-likeness (QED) is 0.515. The minimum absolute atomic E-state index is 0.144. The van der Waals surface area contributed by atoms with Gasteiger partial charge in [-0.2, -0.15) is 0 Å². The molecule has 0 radical (unpaired) electrons. The molecular weight excluding hydrogens is 300 g/mol. The number of aliphatic carboxylic acids is 1. The third kappa shape index (κ3) is 3.74. The van der Waals surface area contributed by atoms with E-state index >= 15 is 0 Å². The van der Waals surface area contributed by atoms with Crippen LogP contribution in [0.25, 0.3) is 0 Å². The van der Waals surface area contributed by atoms with Gasteiger partial charge in [-0.05, 0) is 32.8 Å². The largest absolute Gasteiger partial charge is 0.550 e. The van der Waals surface area contributed by atoms with Gasteiger partial charge in [-0.3, -0.25) is 14.9 Å². The lowest BCUT2D eigenvalue weighted by molar-refractivity contribution is -0.384. The molecule has 0 saturated carbocycles. The molecule has 0 fully saturated rings. The molecule has 2 atom stereocenters. The Labute approximate surface area is 133 Å². The number of amides is 1. The summed E-state index contributed by atoms with van der Waals surface area (Å²) >= 11 is 0. The normalized spacial score (nSPS) is 21.0. The van der Waals surface area contributed by atoms with Crippen molar-refractivity contribution in [2.45, 2.75) is 26.7 Å². The lowest BCUT2D eigenvalue weighted by atomic mass is 9.76. The molecule has 1 aromatic carbocycles. The van der Waals surface area contributed by atoms with Crippen LogP contribution >= 0.6 is 0 Å². The number of allylic oxidation sites excluding steroid dienone is 2. The van der Waals surface area contributed by atoms with Crippen molar-refractivity contribution in [3.05, 3.63) is 45.5 Å². The zero-order valence-electron chi connectivity index (χ0n) is 12.9. The number of carbonyl (C=O) groups excluding carboxylic acids is 2. The van der Waals surface area contributed by atoms with E-state index in [0.717, 1.165) is 11.1 Å². The van der Waals surface area contributed by atoms with Crippen LogP contribution in [0, 0.1) is 22.0 Å². The van der Waals surface area contributed by atoms with Crippen molar-refractivity contribution >= 4 is 23.3 Å². The van der Waals surface area contributed by atoms with E-state index in [1.54, 1.807) is 0 Å². The van der Waals surface area contributed by atoms with Crippen LogP contribution in [0.1, 0.15) is 26.7 Å². The Kier molecular flexibility index (Phi) is 4.78. The van der Waals surface area contributed by atoms with Crippen molar-refractivity contribution in [3.8, 4) is 0 Å². The lowest BCUT2D eigenvalue weighted by Crippen LogP contribution is -2.42. The Bertz CT molecular complexity index is 695. The Balaban J connectivity index is 2.20. The van der Waals surface area contributed by atoms with Crippen LogP contribution in [0.3, 0.4) is 0 Å². The predicted octanol–water partition coefficient (Wildman–Crippen LogP) is 1.65. The van der Waals surface area contributed by atoms with Crippen molar-refractivity contribution in [3.63, 3.8) is 0 Å². The van der Waals surface area contributed by atoms with Crippen molar-refractivity contribution in [2.75, 3.05) is 5.32 Å². The summed E-state index contributed by atoms with van der Waals surface area (Å²) in [5.41, 5.74) is 2.07. The van der Waals surface area contributed by atoms with Crippen LogP contribution in [0.2, 0.25) is 0 Å². The number of anilines is 1. The fourth-order valence-electron chi connectivity index (χ4n) is 2.75. The van der Waals surface area contributed by atoms with E-state index in [0.29, 0.717) is 6.42 Å². The maximum Gasteiger partial charge on any atom is 0.271 e. The minimum Gasteiger partial charge on any atom is -0.550 e. The molecule has 0 aromatic heterocycles. The standard InChI is InChI=1S/C16H18N2O5/c1-9-6-13(14(16(20)21)7-10(9)2)15(19)17-11-4-3-5-12(8-11)18(22)23/h3-5,8,13-14H,6-7H2,1-2H3,(H,17,19)(H,20,21)/p-1/t13-,14+/m1/s1. The average molecular weight is 317 g/mol. The van der Waals surface area contributed by atoms with Crippen molar-refractivity contribution in [1.29, 1.82) is 0 Å². The van der Waals surface area contributed by atoms with E-state index < -0.39 is 28.6 Å². The third-order valence-corrected chi connectivity index (χ3v) is 4.23. The molecule has 122 valence electrons. The van der Waals surface area contributed by atoms with Crippen LogP contribution in [0.15, 0.2) is 35.4 Å². The average Bonchev–Trinajstić information content (AvgIpc) is 2.49. The van der Waals surface area contributed by atoms with Gasteiger partial charge >= 0.3 is 0 Å². The molecule has 0 saturated heterocycles. The number of hydrogen-bond acceptors (Lipinski definition) is 5. The Morgan fingerprint density at radius 2 is 1.78 bits per heavy atom. The van der Waals surface area contributed by atoms with Gasteiger partial charge in [-0.25, -0.2) is 0 Å². The van der Waals surface area contributed by atoms with Gasteiger partial charge in [-0.15, -0.1) is 0 Å². The molecule has 1 aliphatic rings. The molecule has 1 aliphatic carbocycles. The number of benzene rings is 1. The molecular formula is C16H17N2O5-. The number of non-ortho nitro benzene ring substituents is 1. The van der Waals surface area contributed by atoms with Gasteiger partial charge in [0, 0.05) is 29.7 Å². The fourth-order valence-corrected chi connectivity index (χ4v) is 2.75. The number of hydrogen-bond donors (Lipinski definition) is 1. The number of nitrogens with one attached hydrogen (secondary N) is 1. The van der Waals surface area contributed by atoms with Crippen molar-refractivity contribution in [1.82, 2.24) is 0 Å². The van der Waals surface area contributed by atoms with Crippen LogP contribution in [-0.4, -0.2) is 16.8 Å². The molecule has 0 spiro atoms. The van der Waals surface area contributed by atoms with Crippen LogP contribution in [0.4, 0.5) is 11.4 Å². The molecule has 2 rings (SSSR count). The molecule has 0 unspecified atom stereocenters. The highest BCUT2D eigenvalue weighted by Gasteiger charge is 2.33. The van der Waals surface area contributed by atoms with E-state index in [9.17, 15) is 24.8 Å². The van der Waals surface area contributed by atoms with E-state index in [4.69, 9.17) is 0 Å². The van der Waals surface area contributed by atoms with Crippen LogP contribution < -0.4 is 10.4 Å². The second-order valence-corrected chi connectivity index (χ2v) is 5.80. The predicted molar refractivity (Wildman–Crippen MR) is 81.3 cm³/mol. The second kappa shape index (κ2) is 6.60. The smallest absolute Gasteiger partial charge is 0.271 e. The van der Waals surface area contributed by atoms with Gasteiger partial charge in [0.25, 0.3) is 5.69 Å². The monoisotopic (exact) mass is 317 g/mol. The third-order valence-electron chi connectivity index (χ3n) is 4.23. The summed E-state index contributed by atoms with van der Waals surface area (Å²) < 4.78 is 0. The maximum atomic E-state index is 12.4. The zero-order valence-corrected chi connectivity index (χ0v) is 12.9. The number of carboxylic acids is 1. The summed E-state index contributed by atoms with van der Waals surface area (Å²) in [6.07, 6.45) is 0.617. The minimum atomic E-state index is -1.25. The summed E-state index contributed by atoms with van der Waals surface area (Å²) in [5, 5.41) is 24.6. The van der Waals surface area contributed by atoms with Crippen LogP contribution in [-0.2, 0) is 9.59 Å². The van der Waals surface area contributed by atoms with E-state index in [-0.39, 0.29) is 17.8 Å². The Hall–Kier alpha value is -2.70. The lowest BCUT2D eigenvalue weighted by Gasteiger charge is -2.32.